The van der Waals surface area contributed by atoms with Crippen molar-refractivity contribution in [2.24, 2.45) is 0 Å². The molecule has 1 rings (SSSR count). The number of hydrogen-bond donors (Lipinski definition) is 2. The molecule has 0 unspecified atom stereocenters. The molecule has 0 radical (unpaired) electrons. The van der Waals surface area contributed by atoms with E-state index in [1.165, 1.54) is 0 Å². The van der Waals surface area contributed by atoms with Crippen molar-refractivity contribution in [2.45, 2.75) is 32.7 Å². The van der Waals surface area contributed by atoms with Gasteiger partial charge in [-0.3, -0.25) is 0 Å². The summed E-state index contributed by atoms with van der Waals surface area (Å²) in [6, 6.07) is 0.830. The van der Waals surface area contributed by atoms with Crippen molar-refractivity contribution in [3.05, 3.63) is 17.7 Å². The number of halogens is 2. The summed E-state index contributed by atoms with van der Waals surface area (Å²) in [5.74, 6) is -1.34. The Hall–Kier alpha value is -1.43. The third-order valence-corrected chi connectivity index (χ3v) is 2.43. The van der Waals surface area contributed by atoms with Gasteiger partial charge in [-0.05, 0) is 20.3 Å². The van der Waals surface area contributed by atoms with E-state index in [-0.39, 0.29) is 11.6 Å². The zero-order valence-corrected chi connectivity index (χ0v) is 11.8. The van der Waals surface area contributed by atoms with E-state index in [0.717, 1.165) is 12.5 Å². The first-order valence-corrected chi connectivity index (χ1v) is 6.26. The summed E-state index contributed by atoms with van der Waals surface area (Å²) in [4.78, 5) is 3.95. The predicted molar refractivity (Wildman–Crippen MR) is 72.5 cm³/mol. The van der Waals surface area contributed by atoms with Gasteiger partial charge < -0.3 is 15.4 Å². The number of aromatic nitrogens is 1. The van der Waals surface area contributed by atoms with Crippen LogP contribution in [0.15, 0.2) is 6.07 Å². The van der Waals surface area contributed by atoms with Gasteiger partial charge in [0.25, 0.3) is 0 Å². The van der Waals surface area contributed by atoms with Gasteiger partial charge in [-0.2, -0.15) is 0 Å². The normalized spacial score (nSPS) is 11.5. The highest BCUT2D eigenvalue weighted by Gasteiger charge is 2.21. The average Bonchev–Trinajstić information content (AvgIpc) is 2.31. The highest BCUT2D eigenvalue weighted by molar-refractivity contribution is 5.48. The molecule has 1 aromatic heterocycles. The first kappa shape index (κ1) is 15.6. The molecule has 1 heterocycles. The van der Waals surface area contributed by atoms with E-state index in [9.17, 15) is 8.78 Å². The molecular formula is C13H21F2N3O. The Morgan fingerprint density at radius 3 is 2.47 bits per heavy atom. The number of nitrogens with one attached hydrogen (secondary N) is 2. The van der Waals surface area contributed by atoms with Gasteiger partial charge in [0.15, 0.2) is 23.3 Å². The number of methoxy groups -OCH3 is 1. The van der Waals surface area contributed by atoms with Crippen molar-refractivity contribution in [2.75, 3.05) is 30.9 Å². The maximum Gasteiger partial charge on any atom is 0.168 e. The number of pyridine rings is 1. The zero-order chi connectivity index (χ0) is 14.5. The minimum absolute atomic E-state index is 0.0158. The average molecular weight is 273 g/mol. The van der Waals surface area contributed by atoms with E-state index >= 15 is 0 Å². The van der Waals surface area contributed by atoms with Crippen LogP contribution in [0.1, 0.15) is 27.2 Å². The molecule has 0 spiro atoms. The van der Waals surface area contributed by atoms with Crippen molar-refractivity contribution < 1.29 is 13.5 Å². The Balaban J connectivity index is 2.94. The fraction of sp³-hybridized carbons (Fsp3) is 0.615. The molecule has 0 aliphatic carbocycles. The number of rotatable bonds is 7. The molecule has 0 atom stereocenters. The molecule has 0 saturated heterocycles. The summed E-state index contributed by atoms with van der Waals surface area (Å²) < 4.78 is 32.2. The van der Waals surface area contributed by atoms with E-state index in [1.54, 1.807) is 7.11 Å². The molecule has 19 heavy (non-hydrogen) atoms. The maximum absolute atomic E-state index is 13.7. The third-order valence-electron chi connectivity index (χ3n) is 2.43. The summed E-state index contributed by atoms with van der Waals surface area (Å²) in [5, 5.41) is 5.74. The van der Waals surface area contributed by atoms with Gasteiger partial charge in [-0.1, -0.05) is 6.92 Å². The number of hydrogen-bond acceptors (Lipinski definition) is 4. The molecule has 0 bridgehead atoms. The first-order valence-electron chi connectivity index (χ1n) is 6.26. The van der Waals surface area contributed by atoms with Crippen LogP contribution in [0.3, 0.4) is 0 Å². The van der Waals surface area contributed by atoms with E-state index in [4.69, 9.17) is 4.74 Å². The van der Waals surface area contributed by atoms with E-state index in [2.05, 4.69) is 15.6 Å². The van der Waals surface area contributed by atoms with Crippen LogP contribution in [-0.4, -0.2) is 30.8 Å². The van der Waals surface area contributed by atoms with Crippen molar-refractivity contribution in [1.29, 1.82) is 0 Å². The molecule has 2 N–H and O–H groups in total. The fourth-order valence-corrected chi connectivity index (χ4v) is 1.64. The smallest absolute Gasteiger partial charge is 0.168 e. The fourth-order valence-electron chi connectivity index (χ4n) is 1.64. The van der Waals surface area contributed by atoms with Crippen LogP contribution in [0.5, 0.6) is 0 Å². The van der Waals surface area contributed by atoms with Gasteiger partial charge in [0.1, 0.15) is 0 Å². The van der Waals surface area contributed by atoms with Crippen molar-refractivity contribution in [3.8, 4) is 0 Å². The summed E-state index contributed by atoms with van der Waals surface area (Å²) in [7, 11) is 1.56. The van der Waals surface area contributed by atoms with Crippen LogP contribution in [0.25, 0.3) is 0 Å². The number of anilines is 2. The van der Waals surface area contributed by atoms with E-state index < -0.39 is 17.2 Å². The lowest BCUT2D eigenvalue weighted by Gasteiger charge is -2.26. The topological polar surface area (TPSA) is 46.2 Å². The molecule has 6 heteroatoms. The van der Waals surface area contributed by atoms with Crippen LogP contribution >= 0.6 is 0 Å². The van der Waals surface area contributed by atoms with E-state index in [0.29, 0.717) is 13.2 Å². The molecule has 0 aliphatic rings. The predicted octanol–water partition coefficient (Wildman–Crippen LogP) is 3.02. The quantitative estimate of drug-likeness (QED) is 0.801. The molecule has 0 aromatic carbocycles. The van der Waals surface area contributed by atoms with Gasteiger partial charge in [0, 0.05) is 19.7 Å². The lowest BCUT2D eigenvalue weighted by molar-refractivity contribution is 0.158. The second-order valence-electron chi connectivity index (χ2n) is 5.02. The third kappa shape index (κ3) is 4.63. The monoisotopic (exact) mass is 273 g/mol. The summed E-state index contributed by atoms with van der Waals surface area (Å²) in [6.45, 7) is 6.61. The Morgan fingerprint density at radius 2 is 1.89 bits per heavy atom. The minimum Gasteiger partial charge on any atom is -0.382 e. The Labute approximate surface area is 112 Å². The summed E-state index contributed by atoms with van der Waals surface area (Å²) >= 11 is 0. The summed E-state index contributed by atoms with van der Waals surface area (Å²) in [5.41, 5.74) is -0.498. The van der Waals surface area contributed by atoms with Crippen molar-refractivity contribution in [3.63, 3.8) is 0 Å². The SMILES string of the molecule is CCCNc1nc(NC(C)(C)COC)c(F)cc1F. The molecule has 0 fully saturated rings. The van der Waals surface area contributed by atoms with Crippen LogP contribution in [0.4, 0.5) is 20.4 Å². The largest absolute Gasteiger partial charge is 0.382 e. The van der Waals surface area contributed by atoms with Gasteiger partial charge in [-0.15, -0.1) is 0 Å². The lowest BCUT2D eigenvalue weighted by Crippen LogP contribution is -2.36. The second kappa shape index (κ2) is 6.65. The molecular weight excluding hydrogens is 252 g/mol. The molecule has 0 aliphatic heterocycles. The van der Waals surface area contributed by atoms with Crippen LogP contribution in [0.2, 0.25) is 0 Å². The molecule has 0 saturated carbocycles. The molecule has 1 aromatic rings. The van der Waals surface area contributed by atoms with Gasteiger partial charge in [0.05, 0.1) is 12.1 Å². The molecule has 4 nitrogen and oxygen atoms in total. The van der Waals surface area contributed by atoms with Crippen molar-refractivity contribution >= 4 is 11.6 Å². The highest BCUT2D eigenvalue weighted by atomic mass is 19.1. The number of nitrogens with zero attached hydrogens (tertiary/aromatic N) is 1. The van der Waals surface area contributed by atoms with E-state index in [1.807, 2.05) is 20.8 Å². The lowest BCUT2D eigenvalue weighted by atomic mass is 10.1. The molecule has 0 amide bonds. The van der Waals surface area contributed by atoms with Gasteiger partial charge >= 0.3 is 0 Å². The Morgan fingerprint density at radius 1 is 1.26 bits per heavy atom. The Kier molecular flexibility index (Phi) is 5.47. The zero-order valence-electron chi connectivity index (χ0n) is 11.8. The van der Waals surface area contributed by atoms with Gasteiger partial charge in [0.2, 0.25) is 0 Å². The second-order valence-corrected chi connectivity index (χ2v) is 5.02. The van der Waals surface area contributed by atoms with Crippen molar-refractivity contribution in [1.82, 2.24) is 4.98 Å². The highest BCUT2D eigenvalue weighted by Crippen LogP contribution is 2.22. The Bertz CT molecular complexity index is 425. The minimum atomic E-state index is -0.719. The number of ether oxygens (including phenoxy) is 1. The van der Waals surface area contributed by atoms with Crippen LogP contribution in [-0.2, 0) is 4.74 Å². The molecule has 108 valence electrons. The van der Waals surface area contributed by atoms with Crippen LogP contribution in [0, 0.1) is 11.6 Å². The van der Waals surface area contributed by atoms with Crippen LogP contribution < -0.4 is 10.6 Å². The summed E-state index contributed by atoms with van der Waals surface area (Å²) in [6.07, 6.45) is 0.830. The van der Waals surface area contributed by atoms with Gasteiger partial charge in [-0.25, -0.2) is 13.8 Å². The first-order chi connectivity index (χ1) is 8.89. The standard InChI is InChI=1S/C13H21F2N3O/c1-5-6-16-11-9(14)7-10(15)12(17-11)18-13(2,3)8-19-4/h7H,5-6,8H2,1-4H3,(H2,16,17,18). The maximum atomic E-state index is 13.7.